The number of thioether (sulfide) groups is 2. The number of nitrogen functional groups attached to an aromatic ring is 1. The first-order valence-electron chi connectivity index (χ1n) is 9.94. The highest BCUT2D eigenvalue weighted by Gasteiger charge is 2.53. The third-order valence-electron chi connectivity index (χ3n) is 5.22. The number of nitrogens with zero attached hydrogens (tertiary/aromatic N) is 3. The Morgan fingerprint density at radius 1 is 1.42 bits per heavy atom. The average molecular weight is 504 g/mol. The number of thiazole rings is 1. The summed E-state index contributed by atoms with van der Waals surface area (Å²) in [6, 6.07) is 3.06. The van der Waals surface area contributed by atoms with E-state index in [2.05, 4.69) is 10.3 Å². The molecule has 2 aromatic rings. The summed E-state index contributed by atoms with van der Waals surface area (Å²) >= 11 is 4.14. The van der Waals surface area contributed by atoms with Gasteiger partial charge in [-0.3, -0.25) is 14.5 Å². The number of carbonyl (C=O) groups is 3. The zero-order valence-electron chi connectivity index (χ0n) is 17.8. The number of carbonyl (C=O) groups excluding carboxylic acids is 3. The van der Waals surface area contributed by atoms with Crippen molar-refractivity contribution in [2.75, 3.05) is 17.2 Å². The number of anilines is 1. The van der Waals surface area contributed by atoms with Crippen molar-refractivity contribution in [3.8, 4) is 0 Å². The largest absolute Gasteiger partial charge is 0.543 e. The summed E-state index contributed by atoms with van der Waals surface area (Å²) in [7, 11) is 1.92. The molecule has 9 nitrogen and oxygen atoms in total. The molecule has 0 bridgehead atoms. The van der Waals surface area contributed by atoms with Gasteiger partial charge in [-0.25, -0.2) is 9.55 Å². The van der Waals surface area contributed by atoms with Crippen LogP contribution in [0.5, 0.6) is 0 Å². The summed E-state index contributed by atoms with van der Waals surface area (Å²) in [5.74, 6) is -1.47. The maximum atomic E-state index is 12.9. The van der Waals surface area contributed by atoms with Crippen molar-refractivity contribution in [2.45, 2.75) is 23.2 Å². The number of allylic oxidation sites excluding steroid dienone is 1. The molecule has 2 amide bonds. The molecule has 172 valence electrons. The molecule has 0 saturated carbocycles. The van der Waals surface area contributed by atoms with Crippen molar-refractivity contribution in [1.82, 2.24) is 15.2 Å². The molecular formula is C21H21N5O4S3. The Bertz CT molecular complexity index is 1170. The summed E-state index contributed by atoms with van der Waals surface area (Å²) in [5, 5.41) is 16.2. The van der Waals surface area contributed by atoms with E-state index in [9.17, 15) is 19.5 Å². The van der Waals surface area contributed by atoms with Gasteiger partial charge in [-0.2, -0.15) is 0 Å². The number of fused-ring (bicyclic) bond motifs is 1. The Kier molecular flexibility index (Phi) is 6.77. The van der Waals surface area contributed by atoms with E-state index >= 15 is 0 Å². The fraction of sp³-hybridized carbons (Fsp3) is 0.286. The number of hydrogen-bond acceptors (Lipinski definition) is 9. The molecule has 12 heteroatoms. The van der Waals surface area contributed by atoms with Crippen molar-refractivity contribution in [3.05, 3.63) is 52.9 Å². The smallest absolute Gasteiger partial charge is 0.253 e. The number of nitrogens with two attached hydrogens (primary N) is 1. The van der Waals surface area contributed by atoms with Gasteiger partial charge in [0.2, 0.25) is 0 Å². The maximum absolute atomic E-state index is 12.9. The van der Waals surface area contributed by atoms with E-state index in [1.54, 1.807) is 18.4 Å². The molecular weight excluding hydrogens is 482 g/mol. The number of aromatic nitrogens is 2. The van der Waals surface area contributed by atoms with Gasteiger partial charge in [0.1, 0.15) is 18.5 Å². The highest BCUT2D eigenvalue weighted by molar-refractivity contribution is 8.01. The number of rotatable bonds is 7. The number of carboxylic acid groups (broad SMARTS) is 1. The van der Waals surface area contributed by atoms with Crippen LogP contribution in [0.25, 0.3) is 5.57 Å². The quantitative estimate of drug-likeness (QED) is 0.236. The minimum Gasteiger partial charge on any atom is -0.543 e. The molecule has 0 aromatic carbocycles. The molecule has 2 aliphatic rings. The van der Waals surface area contributed by atoms with E-state index in [-0.39, 0.29) is 5.70 Å². The maximum Gasteiger partial charge on any atom is 0.253 e. The Labute approximate surface area is 202 Å². The van der Waals surface area contributed by atoms with E-state index in [0.29, 0.717) is 33.5 Å². The topological polar surface area (TPSA) is 132 Å². The molecule has 2 atom stereocenters. The first kappa shape index (κ1) is 23.3. The summed E-state index contributed by atoms with van der Waals surface area (Å²) < 4.78 is 1.91. The van der Waals surface area contributed by atoms with Gasteiger partial charge in [0, 0.05) is 33.9 Å². The SMILES string of the molecule is CC=C(C(=O)N[C@@H]1C(=O)N2C(C(=O)[O-])=C(CSc3cc[n+](C)cc3)CS[C@@H]12)c1csc(N)n1. The highest BCUT2D eigenvalue weighted by Crippen LogP contribution is 2.41. The number of β-lactam (4-membered cyclic amide) rings is 1. The van der Waals surface area contributed by atoms with Gasteiger partial charge in [-0.05, 0) is 12.5 Å². The Morgan fingerprint density at radius 3 is 2.76 bits per heavy atom. The van der Waals surface area contributed by atoms with Crippen molar-refractivity contribution in [3.63, 3.8) is 0 Å². The predicted octanol–water partition coefficient (Wildman–Crippen LogP) is 0.149. The number of pyridine rings is 1. The molecule has 0 radical (unpaired) electrons. The summed E-state index contributed by atoms with van der Waals surface area (Å²) in [6.07, 6.45) is 5.42. The fourth-order valence-corrected chi connectivity index (χ4v) is 6.49. The molecule has 0 aliphatic carbocycles. The number of amides is 2. The van der Waals surface area contributed by atoms with Crippen LogP contribution in [0.2, 0.25) is 0 Å². The second-order valence-corrected chi connectivity index (χ2v) is 10.4. The van der Waals surface area contributed by atoms with E-state index < -0.39 is 29.2 Å². The number of aryl methyl sites for hydroxylation is 1. The second kappa shape index (κ2) is 9.57. The molecule has 33 heavy (non-hydrogen) atoms. The van der Waals surface area contributed by atoms with Crippen molar-refractivity contribution in [2.24, 2.45) is 7.05 Å². The molecule has 4 rings (SSSR count). The first-order chi connectivity index (χ1) is 15.8. The minimum absolute atomic E-state index is 0.0956. The minimum atomic E-state index is -1.39. The van der Waals surface area contributed by atoms with E-state index in [0.717, 1.165) is 4.90 Å². The van der Waals surface area contributed by atoms with Gasteiger partial charge in [-0.1, -0.05) is 6.08 Å². The van der Waals surface area contributed by atoms with Gasteiger partial charge < -0.3 is 21.0 Å². The van der Waals surface area contributed by atoms with Crippen LogP contribution in [0.1, 0.15) is 12.6 Å². The molecule has 3 N–H and O–H groups in total. The third kappa shape index (κ3) is 4.63. The van der Waals surface area contributed by atoms with E-state index in [1.807, 2.05) is 36.1 Å². The highest BCUT2D eigenvalue weighted by atomic mass is 32.2. The number of aliphatic carboxylic acids is 1. The zero-order chi connectivity index (χ0) is 23.7. The lowest BCUT2D eigenvalue weighted by Crippen LogP contribution is -2.71. The van der Waals surface area contributed by atoms with Crippen LogP contribution in [-0.2, 0) is 21.4 Å². The first-order valence-corrected chi connectivity index (χ1v) is 12.9. The Hall–Kier alpha value is -2.83. The van der Waals surface area contributed by atoms with Gasteiger partial charge in [-0.15, -0.1) is 34.9 Å². The fourth-order valence-electron chi connectivity index (χ4n) is 3.56. The molecule has 4 heterocycles. The lowest BCUT2D eigenvalue weighted by molar-refractivity contribution is -0.671. The molecule has 0 unspecified atom stereocenters. The molecule has 2 aromatic heterocycles. The molecule has 2 aliphatic heterocycles. The van der Waals surface area contributed by atoms with Crippen LogP contribution >= 0.6 is 34.9 Å². The van der Waals surface area contributed by atoms with Crippen molar-refractivity contribution < 1.29 is 24.1 Å². The van der Waals surface area contributed by atoms with Crippen LogP contribution in [-0.4, -0.2) is 50.6 Å². The van der Waals surface area contributed by atoms with E-state index in [4.69, 9.17) is 5.73 Å². The second-order valence-electron chi connectivity index (χ2n) is 7.36. The van der Waals surface area contributed by atoms with Crippen LogP contribution < -0.4 is 20.7 Å². The van der Waals surface area contributed by atoms with Crippen LogP contribution in [0.3, 0.4) is 0 Å². The third-order valence-corrected chi connectivity index (χ3v) is 8.33. The summed E-state index contributed by atoms with van der Waals surface area (Å²) in [4.78, 5) is 43.9. The zero-order valence-corrected chi connectivity index (χ0v) is 20.3. The standard InChI is InChI=1S/C21H21N5O4S3/c1-3-13(14-10-33-21(22)23-14)17(27)24-15-18(28)26-16(20(29)30)11(9-32-19(15)26)8-31-12-4-6-25(2)7-5-12/h3-7,10,15,19H,8-9H2,1-2H3,(H3-,22,23,24,27,29,30)/t15-,19+/m1/s1. The Morgan fingerprint density at radius 2 is 2.15 bits per heavy atom. The van der Waals surface area contributed by atoms with Gasteiger partial charge in [0.25, 0.3) is 11.8 Å². The summed E-state index contributed by atoms with van der Waals surface area (Å²) in [6.45, 7) is 1.70. The van der Waals surface area contributed by atoms with Gasteiger partial charge >= 0.3 is 0 Å². The normalized spacial score (nSPS) is 20.4. The molecule has 0 spiro atoms. The average Bonchev–Trinajstić information content (AvgIpc) is 3.22. The van der Waals surface area contributed by atoms with Gasteiger partial charge in [0.05, 0.1) is 22.9 Å². The number of nitrogens with one attached hydrogen (secondary N) is 1. The molecule has 1 fully saturated rings. The van der Waals surface area contributed by atoms with Gasteiger partial charge in [0.15, 0.2) is 17.5 Å². The van der Waals surface area contributed by atoms with Crippen LogP contribution in [0.15, 0.2) is 52.1 Å². The van der Waals surface area contributed by atoms with Crippen molar-refractivity contribution in [1.29, 1.82) is 0 Å². The van der Waals surface area contributed by atoms with Crippen molar-refractivity contribution >= 4 is 63.3 Å². The molecule has 1 saturated heterocycles. The summed E-state index contributed by atoms with van der Waals surface area (Å²) in [5.41, 5.74) is 6.93. The Balaban J connectivity index is 1.47. The number of carboxylic acids is 1. The predicted molar refractivity (Wildman–Crippen MR) is 126 cm³/mol. The van der Waals surface area contributed by atoms with E-state index in [1.165, 1.54) is 39.8 Å². The monoisotopic (exact) mass is 503 g/mol. The van der Waals surface area contributed by atoms with Crippen LogP contribution in [0, 0.1) is 0 Å². The number of hydrogen-bond donors (Lipinski definition) is 2. The lowest BCUT2D eigenvalue weighted by Gasteiger charge is -2.50. The lowest BCUT2D eigenvalue weighted by atomic mass is 10.0. The van der Waals surface area contributed by atoms with Crippen LogP contribution in [0.4, 0.5) is 5.13 Å².